The molecule has 76 heavy (non-hydrogen) atoms. The quantitative estimate of drug-likeness (QED) is 0.0711. The summed E-state index contributed by atoms with van der Waals surface area (Å²) >= 11 is 0. The van der Waals surface area contributed by atoms with Gasteiger partial charge in [-0.25, -0.2) is 4.79 Å². The van der Waals surface area contributed by atoms with Crippen molar-refractivity contribution < 1.29 is 62.4 Å². The second kappa shape index (κ2) is 30.3. The monoisotopic (exact) mass is 1070 g/mol. The van der Waals surface area contributed by atoms with Gasteiger partial charge in [-0.1, -0.05) is 97.7 Å². The topological polar surface area (TPSA) is 243 Å². The Labute approximate surface area is 450 Å². The average molecular weight is 1070 g/mol. The van der Waals surface area contributed by atoms with Gasteiger partial charge in [0.1, 0.15) is 24.8 Å². The van der Waals surface area contributed by atoms with Gasteiger partial charge < -0.3 is 49.8 Å². The molecular formula is C56H87N7O13. The fourth-order valence-electron chi connectivity index (χ4n) is 10.5. The van der Waals surface area contributed by atoms with Gasteiger partial charge >= 0.3 is 6.09 Å². The van der Waals surface area contributed by atoms with Crippen molar-refractivity contribution in [1.29, 1.82) is 0 Å². The summed E-state index contributed by atoms with van der Waals surface area (Å²) in [5.74, 6) is -4.54. The SMILES string of the molecule is CC[C@H](C)[C@@H]([C@@H](CC(=O)N1CCC[C@H]1[C@H](OC)[C@@H](C)C(=O)N[C@H](C)[C@@H](O)c1ccccc1)OC)N(C)C(=O)[C@@H](NC(=O)[C@H](C(C)C)N(C)C(=O)OC1C=CCCCCC1OCC(=O)NCCN1C(=O)C=CC1=O)C(C)C. The summed E-state index contributed by atoms with van der Waals surface area (Å²) in [6.45, 7) is 14.8. The molecule has 4 N–H and O–H groups in total. The van der Waals surface area contributed by atoms with E-state index in [9.17, 15) is 43.5 Å². The first-order valence-corrected chi connectivity index (χ1v) is 27.1. The predicted molar refractivity (Wildman–Crippen MR) is 285 cm³/mol. The third-order valence-electron chi connectivity index (χ3n) is 15.1. The molecule has 1 saturated heterocycles. The normalized spacial score (nSPS) is 21.4. The molecule has 2 unspecified atom stereocenters. The summed E-state index contributed by atoms with van der Waals surface area (Å²) < 4.78 is 24.1. The highest BCUT2D eigenvalue weighted by Gasteiger charge is 2.44. The Kier molecular flexibility index (Phi) is 25.0. The summed E-state index contributed by atoms with van der Waals surface area (Å²) in [4.78, 5) is 113. The number of hydrogen-bond acceptors (Lipinski definition) is 13. The number of imide groups is 1. The second-order valence-electron chi connectivity index (χ2n) is 21.2. The number of carbonyl (C=O) groups excluding carboxylic acids is 8. The van der Waals surface area contributed by atoms with E-state index in [2.05, 4.69) is 16.0 Å². The lowest BCUT2D eigenvalue weighted by Gasteiger charge is -2.41. The summed E-state index contributed by atoms with van der Waals surface area (Å²) in [5, 5.41) is 19.5. The van der Waals surface area contributed by atoms with Crippen molar-refractivity contribution in [3.8, 4) is 0 Å². The minimum atomic E-state index is -1.07. The molecule has 2 aliphatic heterocycles. The number of carbonyl (C=O) groups is 8. The van der Waals surface area contributed by atoms with Crippen LogP contribution in [0, 0.1) is 23.7 Å². The van der Waals surface area contributed by atoms with Crippen molar-refractivity contribution in [2.75, 3.05) is 54.6 Å². The van der Waals surface area contributed by atoms with Gasteiger partial charge in [0.15, 0.2) is 0 Å². The first-order valence-electron chi connectivity index (χ1n) is 27.1. The first kappa shape index (κ1) is 62.8. The fraction of sp³-hybridized carbons (Fsp3) is 0.679. The van der Waals surface area contributed by atoms with Gasteiger partial charge in [-0.05, 0) is 68.4 Å². The van der Waals surface area contributed by atoms with Crippen molar-refractivity contribution in [3.05, 3.63) is 60.2 Å². The molecule has 0 aromatic heterocycles. The fourth-order valence-corrected chi connectivity index (χ4v) is 10.5. The van der Waals surface area contributed by atoms with Crippen LogP contribution in [-0.2, 0) is 52.5 Å². The largest absolute Gasteiger partial charge is 0.439 e. The van der Waals surface area contributed by atoms with Crippen LogP contribution in [0.25, 0.3) is 0 Å². The van der Waals surface area contributed by atoms with Gasteiger partial charge in [0, 0.05) is 60.1 Å². The standard InChI is InChI=1S/C56H87N7O13/c1-13-36(6)50(43(73-11)32-47(67)62-30-21-24-40(62)52(74-12)37(7)53(69)58-38(8)51(68)39-22-17-16-18-23-39)60(9)55(71)48(34(2)3)59-54(70)49(35(4)5)61(10)56(72)76-42-26-20-15-14-19-25-41(42)75-33-44(64)57-29-31-63-45(65)27-28-46(63)66/h16-18,20,22-23,26-28,34-38,40-43,48-52,68H,13-15,19,21,24-25,29-33H2,1-12H3,(H,57,64)(H,58,69)(H,59,70)/t36-,37+,38+,40-,41?,42?,43+,48-,49-,50-,51+,52+/m0/s1. The number of hydrogen-bond donors (Lipinski definition) is 4. The van der Waals surface area contributed by atoms with Crippen LogP contribution in [0.15, 0.2) is 54.6 Å². The van der Waals surface area contributed by atoms with Crippen LogP contribution in [0.4, 0.5) is 4.79 Å². The molecule has 20 nitrogen and oxygen atoms in total. The highest BCUT2D eigenvalue weighted by atomic mass is 16.6. The zero-order valence-electron chi connectivity index (χ0n) is 46.9. The maximum absolute atomic E-state index is 14.8. The molecule has 8 amide bonds. The summed E-state index contributed by atoms with van der Waals surface area (Å²) in [6.07, 6.45) is 5.89. The van der Waals surface area contributed by atoms with E-state index < -0.39 is 114 Å². The molecule has 4 rings (SSSR count). The average Bonchev–Trinajstić information content (AvgIpc) is 4.00. The number of amides is 8. The number of likely N-dealkylation sites (tertiary alicyclic amines) is 1. The Hall–Kier alpha value is -5.70. The van der Waals surface area contributed by atoms with Crippen LogP contribution in [0.1, 0.15) is 118 Å². The minimum absolute atomic E-state index is 0.00349. The van der Waals surface area contributed by atoms with Crippen LogP contribution in [0.2, 0.25) is 0 Å². The number of methoxy groups -OCH3 is 2. The lowest BCUT2D eigenvalue weighted by Crippen LogP contribution is -2.60. The van der Waals surface area contributed by atoms with Gasteiger partial charge in [0.25, 0.3) is 11.8 Å². The van der Waals surface area contributed by atoms with E-state index in [1.807, 2.05) is 52.0 Å². The van der Waals surface area contributed by atoms with Crippen LogP contribution in [-0.4, -0.2) is 181 Å². The van der Waals surface area contributed by atoms with Crippen molar-refractivity contribution in [2.45, 2.75) is 167 Å². The van der Waals surface area contributed by atoms with E-state index in [1.54, 1.807) is 62.8 Å². The Morgan fingerprint density at radius 1 is 0.829 bits per heavy atom. The van der Waals surface area contributed by atoms with E-state index in [0.29, 0.717) is 37.8 Å². The third kappa shape index (κ3) is 16.9. The molecule has 2 heterocycles. The van der Waals surface area contributed by atoms with Crippen LogP contribution in [0.3, 0.4) is 0 Å². The number of nitrogens with zero attached hydrogens (tertiary/aromatic N) is 4. The number of nitrogens with one attached hydrogen (secondary N) is 3. The van der Waals surface area contributed by atoms with E-state index >= 15 is 0 Å². The number of rotatable bonds is 27. The summed E-state index contributed by atoms with van der Waals surface area (Å²) in [5.41, 5.74) is 0.677. The Morgan fingerprint density at radius 3 is 2.11 bits per heavy atom. The molecule has 0 radical (unpaired) electrons. The number of ether oxygens (including phenoxy) is 4. The molecule has 3 aliphatic rings. The number of likely N-dealkylation sites (N-methyl/N-ethyl adjacent to an activating group) is 2. The van der Waals surface area contributed by atoms with Gasteiger partial charge in [-0.2, -0.15) is 0 Å². The molecule has 20 heteroatoms. The van der Waals surface area contributed by atoms with Crippen LogP contribution < -0.4 is 16.0 Å². The maximum atomic E-state index is 14.8. The molecule has 424 valence electrons. The first-order chi connectivity index (χ1) is 36.1. The number of aliphatic hydroxyl groups is 1. The smallest absolute Gasteiger partial charge is 0.410 e. The van der Waals surface area contributed by atoms with E-state index in [-0.39, 0.29) is 43.8 Å². The highest BCUT2D eigenvalue weighted by Crippen LogP contribution is 2.30. The Balaban J connectivity index is 1.43. The lowest BCUT2D eigenvalue weighted by molar-refractivity contribution is -0.148. The molecule has 1 aromatic carbocycles. The molecule has 1 aromatic rings. The molecule has 0 saturated carbocycles. The van der Waals surface area contributed by atoms with Gasteiger partial charge in [0.2, 0.25) is 29.5 Å². The van der Waals surface area contributed by atoms with Crippen molar-refractivity contribution in [3.63, 3.8) is 0 Å². The molecule has 1 fully saturated rings. The molecule has 0 bridgehead atoms. The van der Waals surface area contributed by atoms with Crippen LogP contribution in [0.5, 0.6) is 0 Å². The summed E-state index contributed by atoms with van der Waals surface area (Å²) in [7, 11) is 6.14. The number of benzene rings is 1. The van der Waals surface area contributed by atoms with Crippen molar-refractivity contribution >= 4 is 47.4 Å². The van der Waals surface area contributed by atoms with Crippen molar-refractivity contribution in [1.82, 2.24) is 35.6 Å². The summed E-state index contributed by atoms with van der Waals surface area (Å²) in [6, 6.07) is 5.36. The Morgan fingerprint density at radius 2 is 1.50 bits per heavy atom. The van der Waals surface area contributed by atoms with Crippen LogP contribution >= 0.6 is 0 Å². The van der Waals surface area contributed by atoms with E-state index in [0.717, 1.165) is 24.2 Å². The molecular weight excluding hydrogens is 979 g/mol. The van der Waals surface area contributed by atoms with Gasteiger partial charge in [-0.15, -0.1) is 0 Å². The highest BCUT2D eigenvalue weighted by molar-refractivity contribution is 6.12. The molecule has 1 aliphatic carbocycles. The minimum Gasteiger partial charge on any atom is -0.439 e. The van der Waals surface area contributed by atoms with Gasteiger partial charge in [0.05, 0.1) is 54.9 Å². The molecule has 0 spiro atoms. The Bertz CT molecular complexity index is 2160. The van der Waals surface area contributed by atoms with E-state index in [1.165, 1.54) is 38.3 Å². The van der Waals surface area contributed by atoms with Gasteiger partial charge in [-0.3, -0.25) is 43.4 Å². The zero-order chi connectivity index (χ0) is 56.4. The second-order valence-corrected chi connectivity index (χ2v) is 21.2. The lowest BCUT2D eigenvalue weighted by atomic mass is 9.89. The third-order valence-corrected chi connectivity index (χ3v) is 15.1. The molecule has 12 atom stereocenters. The van der Waals surface area contributed by atoms with Crippen molar-refractivity contribution in [2.24, 2.45) is 23.7 Å². The van der Waals surface area contributed by atoms with E-state index in [4.69, 9.17) is 18.9 Å². The number of allylic oxidation sites excluding steroid dienone is 1. The zero-order valence-corrected chi connectivity index (χ0v) is 46.9. The maximum Gasteiger partial charge on any atom is 0.410 e. The predicted octanol–water partition coefficient (Wildman–Crippen LogP) is 4.30. The number of aliphatic hydroxyl groups excluding tert-OH is 1.